The standard InChI is InChI=1S/C20H24N4O/c1-12-10-21-19(22-12)16-5-4-8-24(11-16)20(25)15-6-7-18-17(9-15)13(2)14(3)23-18/h6-7,9-10,16,23H,4-5,8,11H2,1-3H3,(H,21,22). The van der Waals surface area contributed by atoms with E-state index in [0.717, 1.165) is 59.6 Å². The number of fused-ring (bicyclic) bond motifs is 1. The summed E-state index contributed by atoms with van der Waals surface area (Å²) < 4.78 is 0. The molecule has 0 bridgehead atoms. The molecule has 1 amide bonds. The van der Waals surface area contributed by atoms with Crippen LogP contribution in [-0.4, -0.2) is 38.8 Å². The van der Waals surface area contributed by atoms with Gasteiger partial charge >= 0.3 is 0 Å². The number of aromatic amines is 2. The molecule has 0 saturated carbocycles. The molecule has 5 heteroatoms. The van der Waals surface area contributed by atoms with Gasteiger partial charge in [-0.25, -0.2) is 4.98 Å². The van der Waals surface area contributed by atoms with Crippen LogP contribution >= 0.6 is 0 Å². The van der Waals surface area contributed by atoms with E-state index in [0.29, 0.717) is 5.92 Å². The van der Waals surface area contributed by atoms with Crippen LogP contribution in [0.25, 0.3) is 10.9 Å². The Balaban J connectivity index is 1.58. The van der Waals surface area contributed by atoms with Gasteiger partial charge in [0.05, 0.1) is 0 Å². The molecule has 3 aromatic rings. The normalized spacial score (nSPS) is 18.0. The fourth-order valence-corrected chi connectivity index (χ4v) is 3.80. The number of piperidine rings is 1. The largest absolute Gasteiger partial charge is 0.358 e. The quantitative estimate of drug-likeness (QED) is 0.747. The molecule has 1 saturated heterocycles. The Kier molecular flexibility index (Phi) is 3.86. The van der Waals surface area contributed by atoms with Crippen molar-refractivity contribution in [3.63, 3.8) is 0 Å². The molecule has 1 aromatic carbocycles. The van der Waals surface area contributed by atoms with Gasteiger partial charge in [0, 0.05) is 53.1 Å². The topological polar surface area (TPSA) is 64.8 Å². The zero-order valence-corrected chi connectivity index (χ0v) is 15.0. The monoisotopic (exact) mass is 336 g/mol. The van der Waals surface area contributed by atoms with E-state index in [-0.39, 0.29) is 5.91 Å². The molecule has 1 fully saturated rings. The van der Waals surface area contributed by atoms with Crippen molar-refractivity contribution >= 4 is 16.8 Å². The number of imidazole rings is 1. The highest BCUT2D eigenvalue weighted by Crippen LogP contribution is 2.27. The van der Waals surface area contributed by atoms with Crippen LogP contribution < -0.4 is 0 Å². The van der Waals surface area contributed by atoms with Crippen molar-refractivity contribution in [1.82, 2.24) is 19.9 Å². The van der Waals surface area contributed by atoms with Gasteiger partial charge in [-0.2, -0.15) is 0 Å². The van der Waals surface area contributed by atoms with Crippen LogP contribution in [0.1, 0.15) is 51.9 Å². The summed E-state index contributed by atoms with van der Waals surface area (Å²) in [5, 5.41) is 1.14. The molecule has 1 aliphatic rings. The zero-order valence-electron chi connectivity index (χ0n) is 15.0. The first kappa shape index (κ1) is 15.9. The Morgan fingerprint density at radius 2 is 2.08 bits per heavy atom. The van der Waals surface area contributed by atoms with Gasteiger partial charge in [0.1, 0.15) is 5.82 Å². The molecule has 4 rings (SSSR count). The predicted molar refractivity (Wildman–Crippen MR) is 99.0 cm³/mol. The highest BCUT2D eigenvalue weighted by atomic mass is 16.2. The number of benzene rings is 1. The van der Waals surface area contributed by atoms with Crippen LogP contribution in [0.2, 0.25) is 0 Å². The van der Waals surface area contributed by atoms with Crippen LogP contribution in [0.15, 0.2) is 24.4 Å². The third-order valence-electron chi connectivity index (χ3n) is 5.37. The minimum atomic E-state index is 0.119. The second kappa shape index (κ2) is 6.06. The SMILES string of the molecule is Cc1cnc(C2CCCN(C(=O)c3ccc4[nH]c(C)c(C)c4c3)C2)[nH]1. The van der Waals surface area contributed by atoms with Gasteiger partial charge in [-0.05, 0) is 57.4 Å². The number of aryl methyl sites for hydroxylation is 3. The number of amides is 1. The maximum Gasteiger partial charge on any atom is 0.253 e. The molecule has 2 aromatic heterocycles. The number of hydrogen-bond acceptors (Lipinski definition) is 2. The lowest BCUT2D eigenvalue weighted by Gasteiger charge is -2.32. The first-order valence-corrected chi connectivity index (χ1v) is 8.92. The van der Waals surface area contributed by atoms with Crippen LogP contribution in [-0.2, 0) is 0 Å². The van der Waals surface area contributed by atoms with Crippen molar-refractivity contribution in [3.05, 3.63) is 52.7 Å². The first-order valence-electron chi connectivity index (χ1n) is 8.92. The van der Waals surface area contributed by atoms with Crippen LogP contribution in [0.3, 0.4) is 0 Å². The molecule has 0 aliphatic carbocycles. The van der Waals surface area contributed by atoms with E-state index in [1.54, 1.807) is 0 Å². The number of likely N-dealkylation sites (tertiary alicyclic amines) is 1. The molecule has 25 heavy (non-hydrogen) atoms. The lowest BCUT2D eigenvalue weighted by molar-refractivity contribution is 0.0705. The van der Waals surface area contributed by atoms with Gasteiger partial charge in [-0.3, -0.25) is 4.79 Å². The van der Waals surface area contributed by atoms with Gasteiger partial charge in [0.2, 0.25) is 0 Å². The minimum Gasteiger partial charge on any atom is -0.358 e. The summed E-state index contributed by atoms with van der Waals surface area (Å²) in [5.41, 5.74) is 5.31. The Morgan fingerprint density at radius 1 is 1.24 bits per heavy atom. The van der Waals surface area contributed by atoms with Gasteiger partial charge < -0.3 is 14.9 Å². The van der Waals surface area contributed by atoms with Crippen molar-refractivity contribution in [3.8, 4) is 0 Å². The van der Waals surface area contributed by atoms with E-state index in [4.69, 9.17) is 0 Å². The summed E-state index contributed by atoms with van der Waals surface area (Å²) in [7, 11) is 0. The van der Waals surface area contributed by atoms with Crippen LogP contribution in [0, 0.1) is 20.8 Å². The summed E-state index contributed by atoms with van der Waals surface area (Å²) in [5.74, 6) is 1.42. The van der Waals surface area contributed by atoms with Gasteiger partial charge in [0.25, 0.3) is 5.91 Å². The van der Waals surface area contributed by atoms with Crippen molar-refractivity contribution in [2.24, 2.45) is 0 Å². The number of H-pyrrole nitrogens is 2. The highest BCUT2D eigenvalue weighted by molar-refractivity contribution is 5.99. The molecule has 1 atom stereocenters. The van der Waals surface area contributed by atoms with E-state index in [1.165, 1.54) is 5.56 Å². The molecule has 2 N–H and O–H groups in total. The molecule has 0 spiro atoms. The van der Waals surface area contributed by atoms with E-state index in [1.807, 2.05) is 36.2 Å². The second-order valence-corrected chi connectivity index (χ2v) is 7.18. The number of carbonyl (C=O) groups excluding carboxylic acids is 1. The summed E-state index contributed by atoms with van der Waals surface area (Å²) in [6, 6.07) is 5.97. The highest BCUT2D eigenvalue weighted by Gasteiger charge is 2.27. The Morgan fingerprint density at radius 3 is 2.84 bits per heavy atom. The smallest absolute Gasteiger partial charge is 0.253 e. The van der Waals surface area contributed by atoms with Gasteiger partial charge in [-0.15, -0.1) is 0 Å². The van der Waals surface area contributed by atoms with Crippen LogP contribution in [0.5, 0.6) is 0 Å². The fourth-order valence-electron chi connectivity index (χ4n) is 3.80. The summed E-state index contributed by atoms with van der Waals surface area (Å²) in [6.07, 6.45) is 3.95. The molecule has 0 radical (unpaired) electrons. The molecule has 3 heterocycles. The van der Waals surface area contributed by atoms with Crippen molar-refractivity contribution in [2.45, 2.75) is 39.5 Å². The molecular weight excluding hydrogens is 312 g/mol. The Labute approximate surface area is 147 Å². The predicted octanol–water partition coefficient (Wildman–Crippen LogP) is 3.84. The summed E-state index contributed by atoms with van der Waals surface area (Å²) in [6.45, 7) is 7.72. The molecule has 5 nitrogen and oxygen atoms in total. The maximum atomic E-state index is 13.0. The molecular formula is C20H24N4O. The third kappa shape index (κ3) is 2.84. The van der Waals surface area contributed by atoms with E-state index >= 15 is 0 Å². The van der Waals surface area contributed by atoms with Crippen molar-refractivity contribution in [1.29, 1.82) is 0 Å². The number of nitrogens with one attached hydrogen (secondary N) is 2. The average molecular weight is 336 g/mol. The van der Waals surface area contributed by atoms with E-state index in [9.17, 15) is 4.79 Å². The number of nitrogens with zero attached hydrogens (tertiary/aromatic N) is 2. The van der Waals surface area contributed by atoms with E-state index < -0.39 is 0 Å². The lowest BCUT2D eigenvalue weighted by Crippen LogP contribution is -2.39. The second-order valence-electron chi connectivity index (χ2n) is 7.18. The third-order valence-corrected chi connectivity index (χ3v) is 5.37. The zero-order chi connectivity index (χ0) is 17.6. The van der Waals surface area contributed by atoms with Gasteiger partial charge in [0.15, 0.2) is 0 Å². The fraction of sp³-hybridized carbons (Fsp3) is 0.400. The number of carbonyl (C=O) groups is 1. The van der Waals surface area contributed by atoms with Crippen molar-refractivity contribution in [2.75, 3.05) is 13.1 Å². The number of hydrogen-bond donors (Lipinski definition) is 2. The minimum absolute atomic E-state index is 0.119. The summed E-state index contributed by atoms with van der Waals surface area (Å²) in [4.78, 5) is 26.2. The number of rotatable bonds is 2. The molecule has 130 valence electrons. The first-order chi connectivity index (χ1) is 12.0. The maximum absolute atomic E-state index is 13.0. The van der Waals surface area contributed by atoms with E-state index in [2.05, 4.69) is 28.8 Å². The summed E-state index contributed by atoms with van der Waals surface area (Å²) >= 11 is 0. The molecule has 1 aliphatic heterocycles. The van der Waals surface area contributed by atoms with Crippen LogP contribution in [0.4, 0.5) is 0 Å². The Hall–Kier alpha value is -2.56. The number of aromatic nitrogens is 3. The average Bonchev–Trinajstić information content (AvgIpc) is 3.18. The van der Waals surface area contributed by atoms with Gasteiger partial charge in [-0.1, -0.05) is 0 Å². The Bertz CT molecular complexity index is 936. The molecule has 1 unspecified atom stereocenters. The van der Waals surface area contributed by atoms with Crippen molar-refractivity contribution < 1.29 is 4.79 Å². The lowest BCUT2D eigenvalue weighted by atomic mass is 9.96.